The molecular formula is C14H16ClFN4O. The number of carbonyl (C=O) groups is 1. The van der Waals surface area contributed by atoms with Crippen LogP contribution in [0.1, 0.15) is 24.4 Å². The van der Waals surface area contributed by atoms with Gasteiger partial charge in [-0.15, -0.1) is 0 Å². The first-order valence-corrected chi connectivity index (χ1v) is 6.76. The number of anilines is 2. The predicted molar refractivity (Wildman–Crippen MR) is 80.9 cm³/mol. The highest BCUT2D eigenvalue weighted by atomic mass is 35.5. The number of aromatic nitrogens is 2. The lowest BCUT2D eigenvalue weighted by atomic mass is 10.2. The van der Waals surface area contributed by atoms with E-state index in [1.165, 1.54) is 18.2 Å². The molecule has 0 radical (unpaired) electrons. The van der Waals surface area contributed by atoms with Crippen LogP contribution in [-0.4, -0.2) is 15.7 Å². The molecule has 1 aromatic heterocycles. The van der Waals surface area contributed by atoms with Crippen molar-refractivity contribution >= 4 is 28.9 Å². The van der Waals surface area contributed by atoms with E-state index in [1.807, 2.05) is 0 Å². The normalized spacial score (nSPS) is 12.2. The van der Waals surface area contributed by atoms with Crippen molar-refractivity contribution < 1.29 is 9.18 Å². The van der Waals surface area contributed by atoms with E-state index in [0.29, 0.717) is 16.4 Å². The van der Waals surface area contributed by atoms with E-state index in [2.05, 4.69) is 10.4 Å². The minimum absolute atomic E-state index is 0.0189. The smallest absolute Gasteiger partial charge is 0.248 e. The first-order valence-electron chi connectivity index (χ1n) is 6.38. The summed E-state index contributed by atoms with van der Waals surface area (Å²) in [6, 6.07) is 3.47. The Balaban J connectivity index is 2.19. The average Bonchev–Trinajstić information content (AvgIpc) is 2.69. The zero-order chi connectivity index (χ0) is 15.7. The number of benzene rings is 1. The Bertz CT molecular complexity index is 699. The zero-order valence-electron chi connectivity index (χ0n) is 11.9. The van der Waals surface area contributed by atoms with Crippen molar-refractivity contribution in [3.8, 4) is 0 Å². The number of rotatable bonds is 3. The Hall–Kier alpha value is -2.08. The molecule has 1 aromatic carbocycles. The molecule has 0 bridgehead atoms. The molecule has 21 heavy (non-hydrogen) atoms. The summed E-state index contributed by atoms with van der Waals surface area (Å²) >= 11 is 6.07. The second-order valence-corrected chi connectivity index (χ2v) is 5.21. The molecule has 0 aliphatic carbocycles. The van der Waals surface area contributed by atoms with Gasteiger partial charge in [0.15, 0.2) is 0 Å². The lowest BCUT2D eigenvalue weighted by molar-refractivity contribution is -0.119. The standard InChI is InChI=1S/C14H16ClFN4O/c1-7-13(15)8(2)20(19-7)9(3)14(21)18-10-4-5-11(16)12(17)6-10/h4-6,9H,17H2,1-3H3,(H,18,21). The summed E-state index contributed by atoms with van der Waals surface area (Å²) in [6.45, 7) is 5.27. The van der Waals surface area contributed by atoms with Crippen LogP contribution in [0, 0.1) is 19.7 Å². The number of nitrogens with one attached hydrogen (secondary N) is 1. The fourth-order valence-electron chi connectivity index (χ4n) is 2.00. The Morgan fingerprint density at radius 3 is 2.67 bits per heavy atom. The number of hydrogen-bond acceptors (Lipinski definition) is 3. The van der Waals surface area contributed by atoms with E-state index in [9.17, 15) is 9.18 Å². The van der Waals surface area contributed by atoms with Gasteiger partial charge in [-0.05, 0) is 39.0 Å². The van der Waals surface area contributed by atoms with Crippen LogP contribution in [-0.2, 0) is 4.79 Å². The van der Waals surface area contributed by atoms with Crippen molar-refractivity contribution in [2.45, 2.75) is 26.8 Å². The molecule has 112 valence electrons. The fourth-order valence-corrected chi connectivity index (χ4v) is 2.12. The largest absolute Gasteiger partial charge is 0.396 e. The Morgan fingerprint density at radius 1 is 1.48 bits per heavy atom. The number of nitrogens with two attached hydrogens (primary N) is 1. The number of halogens is 2. The number of amides is 1. The summed E-state index contributed by atoms with van der Waals surface area (Å²) in [5.41, 5.74) is 7.26. The molecule has 1 amide bonds. The van der Waals surface area contributed by atoms with Crippen molar-refractivity contribution in [2.75, 3.05) is 11.1 Å². The maximum Gasteiger partial charge on any atom is 0.248 e. The molecule has 1 unspecified atom stereocenters. The zero-order valence-corrected chi connectivity index (χ0v) is 12.7. The molecule has 0 aliphatic heterocycles. The fraction of sp³-hybridized carbons (Fsp3) is 0.286. The highest BCUT2D eigenvalue weighted by molar-refractivity contribution is 6.31. The first-order chi connectivity index (χ1) is 9.81. The van der Waals surface area contributed by atoms with Gasteiger partial charge in [0.25, 0.3) is 0 Å². The summed E-state index contributed by atoms with van der Waals surface area (Å²) in [7, 11) is 0. The van der Waals surface area contributed by atoms with Gasteiger partial charge in [0.2, 0.25) is 5.91 Å². The van der Waals surface area contributed by atoms with Gasteiger partial charge in [0.1, 0.15) is 11.9 Å². The third kappa shape index (κ3) is 3.00. The third-order valence-electron chi connectivity index (χ3n) is 3.25. The molecule has 2 aromatic rings. The van der Waals surface area contributed by atoms with Crippen LogP contribution in [0.4, 0.5) is 15.8 Å². The molecule has 0 aliphatic rings. The highest BCUT2D eigenvalue weighted by Crippen LogP contribution is 2.23. The first kappa shape index (κ1) is 15.3. The second kappa shape index (κ2) is 5.73. The maximum absolute atomic E-state index is 13.1. The average molecular weight is 311 g/mol. The quantitative estimate of drug-likeness (QED) is 0.856. The van der Waals surface area contributed by atoms with Crippen LogP contribution in [0.15, 0.2) is 18.2 Å². The van der Waals surface area contributed by atoms with Crippen molar-refractivity contribution in [3.05, 3.63) is 40.4 Å². The molecule has 0 saturated carbocycles. The molecule has 7 heteroatoms. The third-order valence-corrected chi connectivity index (χ3v) is 3.79. The van der Waals surface area contributed by atoms with Gasteiger partial charge < -0.3 is 11.1 Å². The van der Waals surface area contributed by atoms with Gasteiger partial charge in [0.05, 0.1) is 22.1 Å². The molecule has 1 heterocycles. The molecule has 2 rings (SSSR count). The van der Waals surface area contributed by atoms with Crippen LogP contribution >= 0.6 is 11.6 Å². The molecule has 1 atom stereocenters. The van der Waals surface area contributed by atoms with Crippen molar-refractivity contribution in [1.82, 2.24) is 9.78 Å². The van der Waals surface area contributed by atoms with Crippen molar-refractivity contribution in [1.29, 1.82) is 0 Å². The Kier molecular flexibility index (Phi) is 4.18. The van der Waals surface area contributed by atoms with Crippen molar-refractivity contribution in [2.24, 2.45) is 0 Å². The molecule has 0 saturated heterocycles. The van der Waals surface area contributed by atoms with Crippen LogP contribution in [0.2, 0.25) is 5.02 Å². The summed E-state index contributed by atoms with van der Waals surface area (Å²) < 4.78 is 14.6. The highest BCUT2D eigenvalue weighted by Gasteiger charge is 2.20. The molecule has 0 fully saturated rings. The summed E-state index contributed by atoms with van der Waals surface area (Å²) in [5.74, 6) is -0.811. The van der Waals surface area contributed by atoms with Crippen LogP contribution in [0.25, 0.3) is 0 Å². The SMILES string of the molecule is Cc1nn(C(C)C(=O)Nc2ccc(F)c(N)c2)c(C)c1Cl. The summed E-state index contributed by atoms with van der Waals surface area (Å²) in [5, 5.41) is 7.46. The number of aryl methyl sites for hydroxylation is 1. The van der Waals surface area contributed by atoms with Crippen LogP contribution in [0.5, 0.6) is 0 Å². The van der Waals surface area contributed by atoms with Gasteiger partial charge in [-0.1, -0.05) is 11.6 Å². The van der Waals surface area contributed by atoms with E-state index in [-0.39, 0.29) is 11.6 Å². The lowest BCUT2D eigenvalue weighted by Crippen LogP contribution is -2.25. The van der Waals surface area contributed by atoms with Crippen molar-refractivity contribution in [3.63, 3.8) is 0 Å². The van der Waals surface area contributed by atoms with E-state index >= 15 is 0 Å². The number of nitrogen functional groups attached to an aromatic ring is 1. The Morgan fingerprint density at radius 2 is 2.14 bits per heavy atom. The molecular weight excluding hydrogens is 295 g/mol. The van der Waals surface area contributed by atoms with E-state index in [0.717, 1.165) is 5.69 Å². The second-order valence-electron chi connectivity index (χ2n) is 4.83. The summed E-state index contributed by atoms with van der Waals surface area (Å²) in [6.07, 6.45) is 0. The van der Waals surface area contributed by atoms with E-state index < -0.39 is 11.9 Å². The van der Waals surface area contributed by atoms with Crippen LogP contribution in [0.3, 0.4) is 0 Å². The monoisotopic (exact) mass is 310 g/mol. The summed E-state index contributed by atoms with van der Waals surface area (Å²) in [4.78, 5) is 12.2. The molecule has 0 spiro atoms. The molecule has 5 nitrogen and oxygen atoms in total. The number of hydrogen-bond donors (Lipinski definition) is 2. The van der Waals surface area contributed by atoms with Gasteiger partial charge in [-0.3, -0.25) is 9.48 Å². The van der Waals surface area contributed by atoms with E-state index in [1.54, 1.807) is 25.5 Å². The maximum atomic E-state index is 13.1. The topological polar surface area (TPSA) is 72.9 Å². The number of carbonyl (C=O) groups excluding carboxylic acids is 1. The van der Waals surface area contributed by atoms with Gasteiger partial charge >= 0.3 is 0 Å². The van der Waals surface area contributed by atoms with E-state index in [4.69, 9.17) is 17.3 Å². The molecule has 3 N–H and O–H groups in total. The van der Waals surface area contributed by atoms with Gasteiger partial charge in [-0.25, -0.2) is 4.39 Å². The number of nitrogens with zero attached hydrogens (tertiary/aromatic N) is 2. The van der Waals surface area contributed by atoms with Gasteiger partial charge in [0, 0.05) is 5.69 Å². The van der Waals surface area contributed by atoms with Crippen LogP contribution < -0.4 is 11.1 Å². The minimum Gasteiger partial charge on any atom is -0.396 e. The minimum atomic E-state index is -0.553. The predicted octanol–water partition coefficient (Wildman–Crippen LogP) is 3.07. The lowest BCUT2D eigenvalue weighted by Gasteiger charge is -2.15. The Labute approximate surface area is 126 Å². The van der Waals surface area contributed by atoms with Gasteiger partial charge in [-0.2, -0.15) is 5.10 Å².